The number of nitrogens with zero attached hydrogens (tertiary/aromatic N) is 4. The van der Waals surface area contributed by atoms with Crippen LogP contribution in [0, 0.1) is 0 Å². The highest BCUT2D eigenvalue weighted by Crippen LogP contribution is 2.05. The highest BCUT2D eigenvalue weighted by atomic mass is 16.2. The van der Waals surface area contributed by atoms with Crippen molar-refractivity contribution in [3.05, 3.63) is 35.7 Å². The van der Waals surface area contributed by atoms with Crippen LogP contribution in [-0.4, -0.2) is 31.8 Å². The minimum atomic E-state index is -0.0782. The summed E-state index contributed by atoms with van der Waals surface area (Å²) in [5.41, 5.74) is 1.58. The zero-order chi connectivity index (χ0) is 15.2. The topological polar surface area (TPSA) is 64.7 Å². The van der Waals surface area contributed by atoms with Gasteiger partial charge in [0.05, 0.1) is 5.69 Å². The van der Waals surface area contributed by atoms with Crippen LogP contribution in [0.15, 0.2) is 18.5 Å². The van der Waals surface area contributed by atoms with Crippen LogP contribution in [0.25, 0.3) is 0 Å². The molecular weight excluding hydrogens is 266 g/mol. The van der Waals surface area contributed by atoms with E-state index in [1.54, 1.807) is 17.9 Å². The monoisotopic (exact) mass is 289 g/mol. The van der Waals surface area contributed by atoms with Gasteiger partial charge in [0.25, 0.3) is 5.91 Å². The number of hydrogen-bond donors (Lipinski definition) is 1. The molecule has 0 aliphatic rings. The lowest BCUT2D eigenvalue weighted by molar-refractivity contribution is 0.0943. The average Bonchev–Trinajstić information content (AvgIpc) is 3.05. The normalized spacial score (nSPS) is 10.8. The van der Waals surface area contributed by atoms with Crippen LogP contribution in [-0.2, 0) is 26.4 Å². The Bertz CT molecular complexity index is 599. The summed E-state index contributed by atoms with van der Waals surface area (Å²) in [6, 6.07) is 1.87. The van der Waals surface area contributed by atoms with Gasteiger partial charge in [-0.1, -0.05) is 20.3 Å². The molecule has 6 nitrogen and oxygen atoms in total. The fraction of sp³-hybridized carbons (Fsp3) is 0.533. The fourth-order valence-electron chi connectivity index (χ4n) is 2.36. The van der Waals surface area contributed by atoms with E-state index < -0.39 is 0 Å². The van der Waals surface area contributed by atoms with E-state index in [0.717, 1.165) is 37.3 Å². The van der Waals surface area contributed by atoms with Gasteiger partial charge in [0.15, 0.2) is 0 Å². The van der Waals surface area contributed by atoms with E-state index in [9.17, 15) is 4.79 Å². The van der Waals surface area contributed by atoms with E-state index in [2.05, 4.69) is 33.8 Å². The molecule has 0 fully saturated rings. The maximum atomic E-state index is 12.2. The second kappa shape index (κ2) is 7.06. The van der Waals surface area contributed by atoms with Gasteiger partial charge in [-0.15, -0.1) is 0 Å². The number of aryl methyl sites for hydroxylation is 3. The lowest BCUT2D eigenvalue weighted by Gasteiger charge is -2.08. The molecule has 2 heterocycles. The van der Waals surface area contributed by atoms with Crippen LogP contribution in [0.4, 0.5) is 0 Å². The number of amides is 1. The van der Waals surface area contributed by atoms with Gasteiger partial charge in [0.1, 0.15) is 11.5 Å². The summed E-state index contributed by atoms with van der Waals surface area (Å²) in [4.78, 5) is 16.4. The summed E-state index contributed by atoms with van der Waals surface area (Å²) in [6.07, 6.45) is 6.55. The van der Waals surface area contributed by atoms with Gasteiger partial charge in [-0.3, -0.25) is 9.48 Å². The van der Waals surface area contributed by atoms with Crippen molar-refractivity contribution in [1.29, 1.82) is 0 Å². The molecule has 0 aliphatic carbocycles. The first-order valence-corrected chi connectivity index (χ1v) is 7.46. The van der Waals surface area contributed by atoms with Crippen molar-refractivity contribution in [3.63, 3.8) is 0 Å². The lowest BCUT2D eigenvalue weighted by atomic mass is 10.2. The fourth-order valence-corrected chi connectivity index (χ4v) is 2.36. The third-order valence-electron chi connectivity index (χ3n) is 3.43. The quantitative estimate of drug-likeness (QED) is 0.841. The van der Waals surface area contributed by atoms with Crippen LogP contribution in [0.3, 0.4) is 0 Å². The summed E-state index contributed by atoms with van der Waals surface area (Å²) in [5.74, 6) is 0.959. The third-order valence-corrected chi connectivity index (χ3v) is 3.43. The molecule has 1 amide bonds. The van der Waals surface area contributed by atoms with Gasteiger partial charge < -0.3 is 9.88 Å². The molecule has 0 unspecified atom stereocenters. The van der Waals surface area contributed by atoms with Gasteiger partial charge >= 0.3 is 0 Å². The zero-order valence-electron chi connectivity index (χ0n) is 13.0. The molecule has 2 aromatic heterocycles. The van der Waals surface area contributed by atoms with E-state index in [1.807, 2.05) is 12.3 Å². The smallest absolute Gasteiger partial charge is 0.269 e. The predicted octanol–water partition coefficient (Wildman–Crippen LogP) is 1.56. The molecule has 0 atom stereocenters. The largest absolute Gasteiger partial charge is 0.349 e. The Morgan fingerprint density at radius 1 is 1.38 bits per heavy atom. The first-order valence-electron chi connectivity index (χ1n) is 7.46. The first kappa shape index (κ1) is 15.3. The second-order valence-electron chi connectivity index (χ2n) is 5.04. The Hall–Kier alpha value is -2.11. The van der Waals surface area contributed by atoms with E-state index in [0.29, 0.717) is 12.2 Å². The maximum absolute atomic E-state index is 12.2. The Kier molecular flexibility index (Phi) is 5.14. The van der Waals surface area contributed by atoms with E-state index >= 15 is 0 Å². The number of hydrogen-bond acceptors (Lipinski definition) is 3. The Labute approximate surface area is 125 Å². The minimum absolute atomic E-state index is 0.0782. The van der Waals surface area contributed by atoms with Gasteiger partial charge in [-0.2, -0.15) is 5.10 Å². The Balaban J connectivity index is 1.90. The molecule has 0 aliphatic heterocycles. The number of carbonyl (C=O) groups is 1. The molecule has 0 aromatic carbocycles. The number of nitrogens with one attached hydrogen (secondary N) is 1. The van der Waals surface area contributed by atoms with E-state index in [4.69, 9.17) is 0 Å². The molecule has 0 saturated heterocycles. The standard InChI is InChI=1S/C15H23N5O/c1-4-6-12-11-13(19(3)18-12)15(21)17-8-10-20-9-7-16-14(20)5-2/h7,9,11H,4-6,8,10H2,1-3H3,(H,17,21). The van der Waals surface area contributed by atoms with E-state index in [-0.39, 0.29) is 5.91 Å². The molecule has 2 aromatic rings. The SMILES string of the molecule is CCCc1cc(C(=O)NCCn2ccnc2CC)n(C)n1. The van der Waals surface area contributed by atoms with Gasteiger partial charge in [0.2, 0.25) is 0 Å². The molecule has 0 radical (unpaired) electrons. The maximum Gasteiger partial charge on any atom is 0.269 e. The van der Waals surface area contributed by atoms with Crippen molar-refractivity contribution in [2.45, 2.75) is 39.7 Å². The summed E-state index contributed by atoms with van der Waals surface area (Å²) in [5, 5.41) is 7.28. The van der Waals surface area contributed by atoms with Crippen LogP contribution in [0.5, 0.6) is 0 Å². The second-order valence-corrected chi connectivity index (χ2v) is 5.04. The van der Waals surface area contributed by atoms with Crippen LogP contribution >= 0.6 is 0 Å². The van der Waals surface area contributed by atoms with Crippen molar-refractivity contribution in [2.75, 3.05) is 6.54 Å². The minimum Gasteiger partial charge on any atom is -0.349 e. The molecule has 2 rings (SSSR count). The van der Waals surface area contributed by atoms with Crippen LogP contribution in [0.1, 0.15) is 42.3 Å². The van der Waals surface area contributed by atoms with Crippen molar-refractivity contribution in [2.24, 2.45) is 7.05 Å². The molecular formula is C15H23N5O. The third kappa shape index (κ3) is 3.71. The highest BCUT2D eigenvalue weighted by molar-refractivity contribution is 5.92. The molecule has 1 N–H and O–H groups in total. The summed E-state index contributed by atoms with van der Waals surface area (Å²) in [7, 11) is 1.80. The van der Waals surface area contributed by atoms with Gasteiger partial charge in [-0.05, 0) is 12.5 Å². The lowest BCUT2D eigenvalue weighted by Crippen LogP contribution is -2.29. The number of carbonyl (C=O) groups excluding carboxylic acids is 1. The predicted molar refractivity (Wildman–Crippen MR) is 81.1 cm³/mol. The number of rotatable bonds is 7. The van der Waals surface area contributed by atoms with Crippen molar-refractivity contribution in [3.8, 4) is 0 Å². The first-order chi connectivity index (χ1) is 10.2. The summed E-state index contributed by atoms with van der Waals surface area (Å²) >= 11 is 0. The zero-order valence-corrected chi connectivity index (χ0v) is 13.0. The van der Waals surface area contributed by atoms with Crippen molar-refractivity contribution < 1.29 is 4.79 Å². The van der Waals surface area contributed by atoms with Gasteiger partial charge in [-0.25, -0.2) is 4.98 Å². The van der Waals surface area contributed by atoms with Crippen LogP contribution < -0.4 is 5.32 Å². The molecule has 0 bridgehead atoms. The average molecular weight is 289 g/mol. The number of imidazole rings is 1. The molecule has 114 valence electrons. The van der Waals surface area contributed by atoms with Gasteiger partial charge in [0, 0.05) is 39.0 Å². The van der Waals surface area contributed by atoms with Crippen molar-refractivity contribution in [1.82, 2.24) is 24.6 Å². The van der Waals surface area contributed by atoms with Crippen LogP contribution in [0.2, 0.25) is 0 Å². The number of aromatic nitrogens is 4. The highest BCUT2D eigenvalue weighted by Gasteiger charge is 2.12. The molecule has 6 heteroatoms. The Morgan fingerprint density at radius 2 is 2.19 bits per heavy atom. The molecule has 21 heavy (non-hydrogen) atoms. The van der Waals surface area contributed by atoms with E-state index in [1.165, 1.54) is 0 Å². The molecule has 0 saturated carbocycles. The van der Waals surface area contributed by atoms with Crippen molar-refractivity contribution >= 4 is 5.91 Å². The summed E-state index contributed by atoms with van der Waals surface area (Å²) < 4.78 is 3.71. The molecule has 0 spiro atoms. The Morgan fingerprint density at radius 3 is 2.90 bits per heavy atom. The summed E-state index contributed by atoms with van der Waals surface area (Å²) in [6.45, 7) is 5.48.